The van der Waals surface area contributed by atoms with Crippen molar-refractivity contribution in [3.8, 4) is 0 Å². The molecule has 0 aliphatic carbocycles. The molecule has 1 amide bonds. The fourth-order valence-electron chi connectivity index (χ4n) is 3.11. The van der Waals surface area contributed by atoms with Crippen molar-refractivity contribution in [2.24, 2.45) is 0 Å². The Hall–Kier alpha value is -1.87. The number of likely N-dealkylation sites (tertiary alicyclic amines) is 1. The number of nitrogens with zero attached hydrogens (tertiary/aromatic N) is 1. The van der Waals surface area contributed by atoms with Crippen LogP contribution in [0.15, 0.2) is 42.5 Å². The van der Waals surface area contributed by atoms with Gasteiger partial charge in [-0.15, -0.1) is 0 Å². The summed E-state index contributed by atoms with van der Waals surface area (Å²) in [5, 5.41) is 5.60. The van der Waals surface area contributed by atoms with Crippen LogP contribution in [0, 0.1) is 0 Å². The predicted octanol–water partition coefficient (Wildman–Crippen LogP) is 3.11. The van der Waals surface area contributed by atoms with Gasteiger partial charge in [-0.1, -0.05) is 36.4 Å². The van der Waals surface area contributed by atoms with Gasteiger partial charge in [0.15, 0.2) is 0 Å². The van der Waals surface area contributed by atoms with Crippen LogP contribution in [-0.4, -0.2) is 30.4 Å². The number of carbonyl (C=O) groups excluding carboxylic acids is 1. The van der Waals surface area contributed by atoms with Crippen LogP contribution in [-0.2, 0) is 4.79 Å². The summed E-state index contributed by atoms with van der Waals surface area (Å²) in [7, 11) is 2.03. The lowest BCUT2D eigenvalue weighted by molar-refractivity contribution is -0.125. The molecule has 0 spiro atoms. The minimum atomic E-state index is 0.0351. The summed E-state index contributed by atoms with van der Waals surface area (Å²) in [6.07, 6.45) is 2.08. The molecule has 0 saturated carbocycles. The van der Waals surface area contributed by atoms with Crippen molar-refractivity contribution in [1.29, 1.82) is 0 Å². The molecule has 1 saturated heterocycles. The summed E-state index contributed by atoms with van der Waals surface area (Å²) >= 11 is 0. The first-order valence-electron chi connectivity index (χ1n) is 7.64. The first kappa shape index (κ1) is 14.1. The zero-order valence-electron chi connectivity index (χ0n) is 12.7. The molecular formula is C18H22N2O. The van der Waals surface area contributed by atoms with Gasteiger partial charge >= 0.3 is 0 Å². The van der Waals surface area contributed by atoms with Gasteiger partial charge in [-0.2, -0.15) is 0 Å². The molecule has 3 heteroatoms. The smallest absolute Gasteiger partial charge is 0.237 e. The summed E-state index contributed by atoms with van der Waals surface area (Å²) < 4.78 is 0. The molecule has 3 nitrogen and oxygen atoms in total. The van der Waals surface area contributed by atoms with Crippen LogP contribution in [0.4, 0.5) is 0 Å². The minimum Gasteiger partial charge on any atom is -0.348 e. The zero-order valence-corrected chi connectivity index (χ0v) is 12.7. The maximum Gasteiger partial charge on any atom is 0.237 e. The van der Waals surface area contributed by atoms with Gasteiger partial charge in [0, 0.05) is 0 Å². The third-order valence-electron chi connectivity index (χ3n) is 4.46. The molecular weight excluding hydrogens is 260 g/mol. The van der Waals surface area contributed by atoms with Crippen LogP contribution >= 0.6 is 0 Å². The average Bonchev–Trinajstić information content (AvgIpc) is 2.93. The standard InChI is InChI=1S/C18H22N2O/c1-13(19-18(21)17-8-5-11-20(17)2)15-10-9-14-6-3-4-7-16(14)12-15/h3-4,6-7,9-10,12-13,17H,5,8,11H2,1-2H3,(H,19,21)/t13-,17-/m0/s1. The van der Waals surface area contributed by atoms with Crippen LogP contribution in [0.1, 0.15) is 31.4 Å². The molecule has 2 aromatic carbocycles. The van der Waals surface area contributed by atoms with Crippen molar-refractivity contribution in [3.63, 3.8) is 0 Å². The molecule has 1 N–H and O–H groups in total. The average molecular weight is 282 g/mol. The Kier molecular flexibility index (Phi) is 3.93. The predicted molar refractivity (Wildman–Crippen MR) is 86.2 cm³/mol. The normalized spacial score (nSPS) is 20.6. The first-order valence-corrected chi connectivity index (χ1v) is 7.64. The van der Waals surface area contributed by atoms with Gasteiger partial charge in [-0.25, -0.2) is 0 Å². The molecule has 110 valence electrons. The van der Waals surface area contributed by atoms with E-state index in [1.807, 2.05) is 19.2 Å². The first-order chi connectivity index (χ1) is 10.1. The second kappa shape index (κ2) is 5.86. The van der Waals surface area contributed by atoms with E-state index in [2.05, 4.69) is 47.5 Å². The highest BCUT2D eigenvalue weighted by Gasteiger charge is 2.28. The molecule has 1 heterocycles. The second-order valence-corrected chi connectivity index (χ2v) is 5.98. The maximum atomic E-state index is 12.4. The molecule has 0 bridgehead atoms. The van der Waals surface area contributed by atoms with E-state index in [0.29, 0.717) is 0 Å². The third kappa shape index (κ3) is 2.93. The number of hydrogen-bond acceptors (Lipinski definition) is 2. The SMILES string of the molecule is C[C@H](NC(=O)[C@@H]1CCCN1C)c1ccc2ccccc2c1. The highest BCUT2D eigenvalue weighted by molar-refractivity contribution is 5.84. The lowest BCUT2D eigenvalue weighted by Gasteiger charge is -2.22. The van der Waals surface area contributed by atoms with E-state index in [1.165, 1.54) is 10.8 Å². The number of amides is 1. The Morgan fingerprint density at radius 2 is 2.00 bits per heavy atom. The number of fused-ring (bicyclic) bond motifs is 1. The Bertz CT molecular complexity index is 652. The maximum absolute atomic E-state index is 12.4. The molecule has 1 aliphatic heterocycles. The highest BCUT2D eigenvalue weighted by Crippen LogP contribution is 2.21. The fraction of sp³-hybridized carbons (Fsp3) is 0.389. The second-order valence-electron chi connectivity index (χ2n) is 5.98. The van der Waals surface area contributed by atoms with Crippen molar-refractivity contribution < 1.29 is 4.79 Å². The van der Waals surface area contributed by atoms with Gasteiger partial charge in [0.1, 0.15) is 0 Å². The van der Waals surface area contributed by atoms with Crippen molar-refractivity contribution >= 4 is 16.7 Å². The van der Waals surface area contributed by atoms with Crippen LogP contribution in [0.2, 0.25) is 0 Å². The van der Waals surface area contributed by atoms with Crippen LogP contribution in [0.5, 0.6) is 0 Å². The van der Waals surface area contributed by atoms with Gasteiger partial charge < -0.3 is 5.32 Å². The monoisotopic (exact) mass is 282 g/mol. The van der Waals surface area contributed by atoms with Gasteiger partial charge in [-0.3, -0.25) is 9.69 Å². The summed E-state index contributed by atoms with van der Waals surface area (Å²) in [5.41, 5.74) is 1.16. The summed E-state index contributed by atoms with van der Waals surface area (Å²) in [4.78, 5) is 14.5. The quantitative estimate of drug-likeness (QED) is 0.938. The number of nitrogens with one attached hydrogen (secondary N) is 1. The van der Waals surface area contributed by atoms with E-state index in [-0.39, 0.29) is 18.0 Å². The summed E-state index contributed by atoms with van der Waals surface area (Å²) in [5.74, 6) is 0.149. The van der Waals surface area contributed by atoms with Crippen LogP contribution in [0.25, 0.3) is 10.8 Å². The number of benzene rings is 2. The lowest BCUT2D eigenvalue weighted by atomic mass is 10.0. The molecule has 3 rings (SSSR count). The summed E-state index contributed by atoms with van der Waals surface area (Å²) in [6, 6.07) is 14.8. The Morgan fingerprint density at radius 1 is 1.24 bits per heavy atom. The van der Waals surface area contributed by atoms with Crippen molar-refractivity contribution in [1.82, 2.24) is 10.2 Å². The van der Waals surface area contributed by atoms with Gasteiger partial charge in [-0.05, 0) is 55.8 Å². The van der Waals surface area contributed by atoms with Crippen LogP contribution in [0.3, 0.4) is 0 Å². The van der Waals surface area contributed by atoms with Gasteiger partial charge in [0.2, 0.25) is 5.91 Å². The fourth-order valence-corrected chi connectivity index (χ4v) is 3.11. The molecule has 2 atom stereocenters. The van der Waals surface area contributed by atoms with E-state index in [9.17, 15) is 4.79 Å². The van der Waals surface area contributed by atoms with E-state index in [4.69, 9.17) is 0 Å². The topological polar surface area (TPSA) is 32.3 Å². The summed E-state index contributed by atoms with van der Waals surface area (Å²) in [6.45, 7) is 3.07. The molecule has 0 aromatic heterocycles. The Morgan fingerprint density at radius 3 is 2.71 bits per heavy atom. The Labute approximate surface area is 125 Å². The molecule has 1 fully saturated rings. The lowest BCUT2D eigenvalue weighted by Crippen LogP contribution is -2.42. The van der Waals surface area contributed by atoms with Crippen molar-refractivity contribution in [3.05, 3.63) is 48.0 Å². The molecule has 0 radical (unpaired) electrons. The number of hydrogen-bond donors (Lipinski definition) is 1. The zero-order chi connectivity index (χ0) is 14.8. The van der Waals surface area contributed by atoms with E-state index in [0.717, 1.165) is 24.9 Å². The van der Waals surface area contributed by atoms with E-state index >= 15 is 0 Å². The molecule has 0 unspecified atom stereocenters. The third-order valence-corrected chi connectivity index (χ3v) is 4.46. The number of likely N-dealkylation sites (N-methyl/N-ethyl adjacent to an activating group) is 1. The van der Waals surface area contributed by atoms with Crippen molar-refractivity contribution in [2.45, 2.75) is 31.8 Å². The van der Waals surface area contributed by atoms with Gasteiger partial charge in [0.25, 0.3) is 0 Å². The van der Waals surface area contributed by atoms with Crippen LogP contribution < -0.4 is 5.32 Å². The largest absolute Gasteiger partial charge is 0.348 e. The molecule has 21 heavy (non-hydrogen) atoms. The number of carbonyl (C=O) groups is 1. The molecule has 2 aromatic rings. The van der Waals surface area contributed by atoms with Crippen molar-refractivity contribution in [2.75, 3.05) is 13.6 Å². The minimum absolute atomic E-state index is 0.0351. The number of rotatable bonds is 3. The van der Waals surface area contributed by atoms with Gasteiger partial charge in [0.05, 0.1) is 12.1 Å². The molecule has 1 aliphatic rings. The Balaban J connectivity index is 1.74. The van der Waals surface area contributed by atoms with E-state index in [1.54, 1.807) is 0 Å². The highest BCUT2D eigenvalue weighted by atomic mass is 16.2. The van der Waals surface area contributed by atoms with E-state index < -0.39 is 0 Å².